The van der Waals surface area contributed by atoms with Gasteiger partial charge in [0, 0.05) is 12.6 Å². The second kappa shape index (κ2) is 6.95. The first kappa shape index (κ1) is 15.1. The van der Waals surface area contributed by atoms with Crippen LogP contribution in [0.15, 0.2) is 29.4 Å². The summed E-state index contributed by atoms with van der Waals surface area (Å²) in [5.74, 6) is 1.44. The molecule has 0 atom stereocenters. The van der Waals surface area contributed by atoms with Crippen molar-refractivity contribution in [3.63, 3.8) is 0 Å². The quantitative estimate of drug-likeness (QED) is 0.649. The van der Waals surface area contributed by atoms with Crippen LogP contribution in [0.1, 0.15) is 18.1 Å². The van der Waals surface area contributed by atoms with Crippen molar-refractivity contribution in [2.45, 2.75) is 19.0 Å². The molecule has 21 heavy (non-hydrogen) atoms. The predicted octanol–water partition coefficient (Wildman–Crippen LogP) is 3.55. The number of hydrogen-bond donors (Lipinski definition) is 2. The molecule has 0 saturated heterocycles. The molecule has 0 spiro atoms. The van der Waals surface area contributed by atoms with Crippen molar-refractivity contribution < 1.29 is 0 Å². The number of aryl methyl sites for hydroxylation is 1. The molecule has 1 heterocycles. The molecule has 2 N–H and O–H groups in total. The fourth-order valence-corrected chi connectivity index (χ4v) is 2.29. The molecule has 0 radical (unpaired) electrons. The normalized spacial score (nSPS) is 10.0. The monoisotopic (exact) mass is 299 g/mol. The molecule has 6 heteroatoms. The molecule has 0 amide bonds. The summed E-state index contributed by atoms with van der Waals surface area (Å²) in [7, 11) is 0. The van der Waals surface area contributed by atoms with Gasteiger partial charge in [-0.3, -0.25) is 0 Å². The van der Waals surface area contributed by atoms with Crippen LogP contribution in [0.25, 0.3) is 0 Å². The van der Waals surface area contributed by atoms with Gasteiger partial charge in [-0.15, -0.1) is 0 Å². The summed E-state index contributed by atoms with van der Waals surface area (Å²) in [6, 6.07) is 9.77. The molecule has 0 fully saturated rings. The van der Waals surface area contributed by atoms with E-state index >= 15 is 0 Å². The van der Waals surface area contributed by atoms with Crippen molar-refractivity contribution in [1.29, 1.82) is 5.26 Å². The summed E-state index contributed by atoms with van der Waals surface area (Å²) in [6.07, 6.45) is 1.93. The third-order valence-corrected chi connectivity index (χ3v) is 3.44. The first-order chi connectivity index (χ1) is 10.2. The zero-order valence-corrected chi connectivity index (χ0v) is 13.1. The number of hydrogen-bond acceptors (Lipinski definition) is 6. The highest BCUT2D eigenvalue weighted by atomic mass is 32.2. The lowest BCUT2D eigenvalue weighted by Crippen LogP contribution is -2.04. The van der Waals surface area contributed by atoms with Crippen LogP contribution in [0.2, 0.25) is 0 Å². The second-order valence-corrected chi connectivity index (χ2v) is 5.16. The zero-order valence-electron chi connectivity index (χ0n) is 12.3. The Labute approximate surface area is 128 Å². The molecule has 0 bridgehead atoms. The lowest BCUT2D eigenvalue weighted by Gasteiger charge is -2.11. The van der Waals surface area contributed by atoms with Crippen molar-refractivity contribution >= 4 is 29.1 Å². The van der Waals surface area contributed by atoms with Gasteiger partial charge in [-0.2, -0.15) is 5.26 Å². The van der Waals surface area contributed by atoms with Gasteiger partial charge in [-0.25, -0.2) is 9.97 Å². The number of anilines is 3. The Bertz CT molecular complexity index is 678. The second-order valence-electron chi connectivity index (χ2n) is 4.39. The van der Waals surface area contributed by atoms with Crippen molar-refractivity contribution in [2.24, 2.45) is 0 Å². The van der Waals surface area contributed by atoms with Crippen LogP contribution in [0.5, 0.6) is 0 Å². The van der Waals surface area contributed by atoms with Gasteiger partial charge >= 0.3 is 0 Å². The van der Waals surface area contributed by atoms with Crippen LogP contribution in [0.4, 0.5) is 17.3 Å². The van der Waals surface area contributed by atoms with Gasteiger partial charge in [-0.05, 0) is 31.7 Å². The van der Waals surface area contributed by atoms with Crippen LogP contribution in [-0.2, 0) is 0 Å². The molecule has 1 aromatic heterocycles. The minimum atomic E-state index is 0.631. The number of nitriles is 1. The van der Waals surface area contributed by atoms with E-state index in [2.05, 4.69) is 26.7 Å². The molecule has 1 aromatic carbocycles. The molecular formula is C15H17N5S. The lowest BCUT2D eigenvalue weighted by molar-refractivity contribution is 0.967. The summed E-state index contributed by atoms with van der Waals surface area (Å²) in [5.41, 5.74) is 2.33. The number of nitrogens with zero attached hydrogens (tertiary/aromatic N) is 3. The van der Waals surface area contributed by atoms with Crippen molar-refractivity contribution in [3.05, 3.63) is 35.4 Å². The maximum absolute atomic E-state index is 9.28. The number of benzene rings is 1. The molecule has 0 aliphatic rings. The Morgan fingerprint density at radius 3 is 2.71 bits per heavy atom. The Morgan fingerprint density at radius 2 is 2.05 bits per heavy atom. The van der Waals surface area contributed by atoms with E-state index < -0.39 is 0 Å². The van der Waals surface area contributed by atoms with Gasteiger partial charge in [0.05, 0.1) is 11.3 Å². The SMILES string of the molecule is CCNc1cc(Nc2cccc(C)c2C#N)nc(SC)n1. The molecule has 0 aliphatic carbocycles. The summed E-state index contributed by atoms with van der Waals surface area (Å²) in [6.45, 7) is 4.72. The van der Waals surface area contributed by atoms with E-state index in [0.717, 1.165) is 23.6 Å². The van der Waals surface area contributed by atoms with Crippen LogP contribution >= 0.6 is 11.8 Å². The van der Waals surface area contributed by atoms with Gasteiger partial charge in [0.2, 0.25) is 0 Å². The third-order valence-electron chi connectivity index (χ3n) is 2.89. The average Bonchev–Trinajstić information content (AvgIpc) is 2.47. The number of thioether (sulfide) groups is 1. The Morgan fingerprint density at radius 1 is 1.29 bits per heavy atom. The predicted molar refractivity (Wildman–Crippen MR) is 87.2 cm³/mol. The highest BCUT2D eigenvalue weighted by molar-refractivity contribution is 7.98. The topological polar surface area (TPSA) is 73.6 Å². The number of aromatic nitrogens is 2. The van der Waals surface area contributed by atoms with Crippen LogP contribution < -0.4 is 10.6 Å². The maximum atomic E-state index is 9.28. The molecule has 0 unspecified atom stereocenters. The first-order valence-corrected chi connectivity index (χ1v) is 7.84. The van der Waals surface area contributed by atoms with E-state index in [4.69, 9.17) is 0 Å². The highest BCUT2D eigenvalue weighted by Crippen LogP contribution is 2.24. The number of nitrogens with one attached hydrogen (secondary N) is 2. The van der Waals surface area contributed by atoms with Crippen LogP contribution in [-0.4, -0.2) is 22.8 Å². The van der Waals surface area contributed by atoms with Crippen LogP contribution in [0.3, 0.4) is 0 Å². The summed E-state index contributed by atoms with van der Waals surface area (Å²) < 4.78 is 0. The molecule has 5 nitrogen and oxygen atoms in total. The maximum Gasteiger partial charge on any atom is 0.191 e. The van der Waals surface area contributed by atoms with Gasteiger partial charge in [0.15, 0.2) is 5.16 Å². The van der Waals surface area contributed by atoms with Crippen molar-refractivity contribution in [2.75, 3.05) is 23.4 Å². The fraction of sp³-hybridized carbons (Fsp3) is 0.267. The minimum absolute atomic E-state index is 0.631. The van der Waals surface area contributed by atoms with E-state index in [1.54, 1.807) is 0 Å². The Balaban J connectivity index is 2.37. The fourth-order valence-electron chi connectivity index (χ4n) is 1.91. The highest BCUT2D eigenvalue weighted by Gasteiger charge is 2.08. The lowest BCUT2D eigenvalue weighted by atomic mass is 10.1. The Kier molecular flexibility index (Phi) is 5.01. The largest absolute Gasteiger partial charge is 0.370 e. The van der Waals surface area contributed by atoms with E-state index in [9.17, 15) is 5.26 Å². The first-order valence-electron chi connectivity index (χ1n) is 6.61. The molecule has 108 valence electrons. The van der Waals surface area contributed by atoms with E-state index in [1.807, 2.05) is 44.4 Å². The summed E-state index contributed by atoms with van der Waals surface area (Å²) in [4.78, 5) is 8.80. The third kappa shape index (κ3) is 3.64. The smallest absolute Gasteiger partial charge is 0.191 e. The minimum Gasteiger partial charge on any atom is -0.370 e. The summed E-state index contributed by atoms with van der Waals surface area (Å²) in [5, 5.41) is 16.3. The van der Waals surface area contributed by atoms with Gasteiger partial charge in [0.25, 0.3) is 0 Å². The van der Waals surface area contributed by atoms with E-state index in [1.165, 1.54) is 11.8 Å². The van der Waals surface area contributed by atoms with Gasteiger partial charge < -0.3 is 10.6 Å². The summed E-state index contributed by atoms with van der Waals surface area (Å²) >= 11 is 1.48. The van der Waals surface area contributed by atoms with Crippen LogP contribution in [0, 0.1) is 18.3 Å². The van der Waals surface area contributed by atoms with E-state index in [-0.39, 0.29) is 0 Å². The molecule has 2 aromatic rings. The molecule has 0 aliphatic heterocycles. The average molecular weight is 299 g/mol. The molecular weight excluding hydrogens is 282 g/mol. The molecule has 0 saturated carbocycles. The standard InChI is InChI=1S/C15H17N5S/c1-4-17-13-8-14(20-15(19-13)21-3)18-12-7-5-6-10(2)11(12)9-16/h5-8H,4H2,1-3H3,(H2,17,18,19,20). The van der Waals surface area contributed by atoms with Crippen molar-refractivity contribution in [3.8, 4) is 6.07 Å². The van der Waals surface area contributed by atoms with E-state index in [0.29, 0.717) is 16.5 Å². The van der Waals surface area contributed by atoms with Crippen molar-refractivity contribution in [1.82, 2.24) is 9.97 Å². The Hall–Kier alpha value is -2.26. The zero-order chi connectivity index (χ0) is 15.2. The molecule has 2 rings (SSSR count). The van der Waals surface area contributed by atoms with Gasteiger partial charge in [-0.1, -0.05) is 23.9 Å². The van der Waals surface area contributed by atoms with Gasteiger partial charge in [0.1, 0.15) is 17.7 Å². The number of rotatable bonds is 5.